The molecule has 1 atom stereocenters. The molecule has 3 heterocycles. The van der Waals surface area contributed by atoms with Gasteiger partial charge >= 0.3 is 0 Å². The third-order valence-electron chi connectivity index (χ3n) is 5.47. The van der Waals surface area contributed by atoms with Crippen LogP contribution in [-0.2, 0) is 25.2 Å². The molecule has 0 saturated carbocycles. The van der Waals surface area contributed by atoms with E-state index >= 15 is 4.39 Å². The minimum atomic E-state index is -1.50. The van der Waals surface area contributed by atoms with E-state index in [2.05, 4.69) is 21.4 Å². The lowest BCUT2D eigenvalue weighted by Gasteiger charge is -2.29. The van der Waals surface area contributed by atoms with Gasteiger partial charge in [0.05, 0.1) is 6.54 Å². The molecule has 3 nitrogen and oxygen atoms in total. The van der Waals surface area contributed by atoms with E-state index < -0.39 is 5.67 Å². The number of fused-ring (bicyclic) bond motifs is 3. The van der Waals surface area contributed by atoms with Gasteiger partial charge < -0.3 is 4.57 Å². The number of alkyl halides is 1. The third-order valence-corrected chi connectivity index (χ3v) is 5.70. The van der Waals surface area contributed by atoms with E-state index in [0.717, 1.165) is 42.0 Å². The van der Waals surface area contributed by atoms with Crippen LogP contribution in [0.3, 0.4) is 0 Å². The van der Waals surface area contributed by atoms with Gasteiger partial charge in [0.15, 0.2) is 5.67 Å². The summed E-state index contributed by atoms with van der Waals surface area (Å²) in [5, 5.41) is 1.89. The molecule has 0 radical (unpaired) electrons. The number of aromatic nitrogens is 2. The zero-order valence-corrected chi connectivity index (χ0v) is 15.9. The van der Waals surface area contributed by atoms with Gasteiger partial charge in [-0.05, 0) is 49.7 Å². The van der Waals surface area contributed by atoms with Crippen LogP contribution in [0, 0.1) is 0 Å². The summed E-state index contributed by atoms with van der Waals surface area (Å²) < 4.78 is 17.8. The fourth-order valence-electron chi connectivity index (χ4n) is 3.98. The molecule has 26 heavy (non-hydrogen) atoms. The Morgan fingerprint density at radius 1 is 1.31 bits per heavy atom. The smallest absolute Gasteiger partial charge is 0.152 e. The fraction of sp³-hybridized carbons (Fsp3) is 0.381. The normalized spacial score (nSPS) is 17.2. The van der Waals surface area contributed by atoms with Crippen molar-refractivity contribution in [2.45, 2.75) is 39.0 Å². The van der Waals surface area contributed by atoms with E-state index in [0.29, 0.717) is 5.56 Å². The lowest BCUT2D eigenvalue weighted by atomic mass is 9.99. The minimum absolute atomic E-state index is 0.268. The number of pyridine rings is 1. The first kappa shape index (κ1) is 17.5. The highest BCUT2D eigenvalue weighted by Gasteiger charge is 2.31. The standard InChI is InChI=1S/C21H23ClFN3/c1-3-25-10-8-17-18-11-16(22)6-7-19(18)26(20(17)13-25)14-21(2,23)15-5-4-9-24-12-15/h4-7,9,11-12H,3,8,10,13-14H2,1-2H3. The molecule has 0 aliphatic carbocycles. The molecule has 0 saturated heterocycles. The van der Waals surface area contributed by atoms with Gasteiger partial charge in [0, 0.05) is 52.7 Å². The monoisotopic (exact) mass is 371 g/mol. The van der Waals surface area contributed by atoms with Gasteiger partial charge in [0.1, 0.15) is 0 Å². The maximum Gasteiger partial charge on any atom is 0.152 e. The second-order valence-electron chi connectivity index (χ2n) is 7.23. The molecule has 3 aromatic rings. The Hall–Kier alpha value is -1.91. The van der Waals surface area contributed by atoms with Crippen LogP contribution in [0.2, 0.25) is 5.02 Å². The first-order valence-corrected chi connectivity index (χ1v) is 9.48. The number of rotatable bonds is 4. The van der Waals surface area contributed by atoms with Gasteiger partial charge in [-0.3, -0.25) is 9.88 Å². The highest BCUT2D eigenvalue weighted by molar-refractivity contribution is 6.31. The van der Waals surface area contributed by atoms with E-state index in [9.17, 15) is 0 Å². The Kier molecular flexibility index (Phi) is 4.49. The van der Waals surface area contributed by atoms with E-state index in [1.807, 2.05) is 18.2 Å². The minimum Gasteiger partial charge on any atom is -0.339 e. The van der Waals surface area contributed by atoms with Gasteiger partial charge in [0.25, 0.3) is 0 Å². The van der Waals surface area contributed by atoms with Crippen LogP contribution in [0.4, 0.5) is 4.39 Å². The van der Waals surface area contributed by atoms with Crippen molar-refractivity contribution in [2.75, 3.05) is 13.1 Å². The van der Waals surface area contributed by atoms with Crippen LogP contribution in [0.5, 0.6) is 0 Å². The second-order valence-corrected chi connectivity index (χ2v) is 7.67. The number of hydrogen-bond acceptors (Lipinski definition) is 2. The summed E-state index contributed by atoms with van der Waals surface area (Å²) in [6.07, 6.45) is 4.27. The largest absolute Gasteiger partial charge is 0.339 e. The quantitative estimate of drug-likeness (QED) is 0.646. The van der Waals surface area contributed by atoms with Gasteiger partial charge in [-0.25, -0.2) is 4.39 Å². The van der Waals surface area contributed by atoms with Crippen molar-refractivity contribution in [3.8, 4) is 0 Å². The van der Waals surface area contributed by atoms with Crippen molar-refractivity contribution in [3.05, 3.63) is 64.6 Å². The van der Waals surface area contributed by atoms with Crippen LogP contribution < -0.4 is 0 Å². The summed E-state index contributed by atoms with van der Waals surface area (Å²) in [6, 6.07) is 9.53. The Bertz CT molecular complexity index is 933. The molecule has 4 rings (SSSR count). The Morgan fingerprint density at radius 3 is 2.88 bits per heavy atom. The van der Waals surface area contributed by atoms with Crippen molar-refractivity contribution < 1.29 is 4.39 Å². The summed E-state index contributed by atoms with van der Waals surface area (Å²) in [4.78, 5) is 6.49. The number of nitrogens with zero attached hydrogens (tertiary/aromatic N) is 3. The second kappa shape index (κ2) is 6.67. The van der Waals surface area contributed by atoms with E-state index in [1.54, 1.807) is 31.5 Å². The van der Waals surface area contributed by atoms with Crippen LogP contribution in [0.1, 0.15) is 30.7 Å². The number of likely N-dealkylation sites (N-methyl/N-ethyl adjacent to an activating group) is 1. The van der Waals surface area contributed by atoms with Gasteiger partial charge in [-0.2, -0.15) is 0 Å². The predicted octanol–water partition coefficient (Wildman–Crippen LogP) is 4.95. The van der Waals surface area contributed by atoms with Gasteiger partial charge in [0.2, 0.25) is 0 Å². The molecule has 0 fully saturated rings. The average molecular weight is 372 g/mol. The molecule has 5 heteroatoms. The molecular formula is C21H23ClFN3. The van der Waals surface area contributed by atoms with Crippen molar-refractivity contribution in [1.82, 2.24) is 14.5 Å². The zero-order chi connectivity index (χ0) is 18.3. The predicted molar refractivity (Wildman–Crippen MR) is 104 cm³/mol. The third kappa shape index (κ3) is 3.01. The van der Waals surface area contributed by atoms with Crippen molar-refractivity contribution in [1.29, 1.82) is 0 Å². The SMILES string of the molecule is CCN1CCc2c(n(CC(C)(F)c3cccnc3)c3ccc(Cl)cc23)C1. The first-order valence-electron chi connectivity index (χ1n) is 9.11. The Labute approximate surface area is 158 Å². The Balaban J connectivity index is 1.84. The fourth-order valence-corrected chi connectivity index (χ4v) is 4.15. The Morgan fingerprint density at radius 2 is 2.15 bits per heavy atom. The molecule has 1 unspecified atom stereocenters. The molecule has 0 N–H and O–H groups in total. The maximum atomic E-state index is 15.6. The van der Waals surface area contributed by atoms with Crippen LogP contribution in [0.15, 0.2) is 42.7 Å². The van der Waals surface area contributed by atoms with Gasteiger partial charge in [-0.15, -0.1) is 0 Å². The van der Waals surface area contributed by atoms with E-state index in [4.69, 9.17) is 11.6 Å². The number of benzene rings is 1. The lowest BCUT2D eigenvalue weighted by molar-refractivity contribution is 0.158. The molecule has 136 valence electrons. The molecule has 0 spiro atoms. The van der Waals surface area contributed by atoms with Crippen molar-refractivity contribution >= 4 is 22.5 Å². The zero-order valence-electron chi connectivity index (χ0n) is 15.2. The summed E-state index contributed by atoms with van der Waals surface area (Å²) in [5.41, 5.74) is 2.69. The summed E-state index contributed by atoms with van der Waals surface area (Å²) >= 11 is 6.25. The summed E-state index contributed by atoms with van der Waals surface area (Å²) in [6.45, 7) is 6.95. The lowest BCUT2D eigenvalue weighted by Crippen LogP contribution is -2.32. The molecular weight excluding hydrogens is 349 g/mol. The first-order chi connectivity index (χ1) is 12.5. The molecule has 0 amide bonds. The molecule has 1 aliphatic rings. The van der Waals surface area contributed by atoms with Crippen molar-refractivity contribution in [3.63, 3.8) is 0 Å². The summed E-state index contributed by atoms with van der Waals surface area (Å²) in [5.74, 6) is 0. The highest BCUT2D eigenvalue weighted by atomic mass is 35.5. The topological polar surface area (TPSA) is 21.1 Å². The number of halogens is 2. The van der Waals surface area contributed by atoms with Gasteiger partial charge in [-0.1, -0.05) is 24.6 Å². The maximum absolute atomic E-state index is 15.6. The average Bonchev–Trinajstić information content (AvgIpc) is 2.94. The van der Waals surface area contributed by atoms with Crippen LogP contribution in [-0.4, -0.2) is 27.5 Å². The van der Waals surface area contributed by atoms with Crippen LogP contribution >= 0.6 is 11.6 Å². The van der Waals surface area contributed by atoms with Crippen LogP contribution in [0.25, 0.3) is 10.9 Å². The van der Waals surface area contributed by atoms with Crippen molar-refractivity contribution in [2.24, 2.45) is 0 Å². The molecule has 1 aromatic carbocycles. The molecule has 1 aliphatic heterocycles. The van der Waals surface area contributed by atoms with E-state index in [-0.39, 0.29) is 6.54 Å². The summed E-state index contributed by atoms with van der Waals surface area (Å²) in [7, 11) is 0. The van der Waals surface area contributed by atoms with E-state index in [1.165, 1.54) is 11.3 Å². The highest BCUT2D eigenvalue weighted by Crippen LogP contribution is 2.36. The molecule has 0 bridgehead atoms. The molecule has 2 aromatic heterocycles. The number of hydrogen-bond donors (Lipinski definition) is 0.